The van der Waals surface area contributed by atoms with Crippen LogP contribution in [0.25, 0.3) is 0 Å². The molecule has 0 aliphatic rings. The molecule has 0 aromatic rings. The second-order valence-electron chi connectivity index (χ2n) is 0.339. The fraction of sp³-hybridized carbons (Fsp3) is 0. The van der Waals surface area contributed by atoms with Crippen molar-refractivity contribution < 1.29 is 24.8 Å². The first-order valence-corrected chi connectivity index (χ1v) is 1.49. The minimum atomic E-state index is 0. The summed E-state index contributed by atoms with van der Waals surface area (Å²) >= 11 is 9.69. The second-order valence-corrected chi connectivity index (χ2v) is 1.44. The van der Waals surface area contributed by atoms with Gasteiger partial charge in [-0.1, -0.05) is 29.8 Å². The smallest absolute Gasteiger partial charge is 0.0992 e. The average Bonchev–Trinajstić information content (AvgIpc) is 0.811. The molecule has 4 heteroatoms. The summed E-state index contributed by atoms with van der Waals surface area (Å²) < 4.78 is 0.111. The van der Waals surface area contributed by atoms with Crippen LogP contribution in [0, 0.1) is 0 Å². The van der Waals surface area contributed by atoms with Gasteiger partial charge in [-0.3, -0.25) is 0 Å². The zero-order valence-electron chi connectivity index (χ0n) is 2.72. The van der Waals surface area contributed by atoms with Gasteiger partial charge in [0.25, 0.3) is 0 Å². The van der Waals surface area contributed by atoms with Gasteiger partial charge in [0.15, 0.2) is 0 Å². The van der Waals surface area contributed by atoms with Crippen LogP contribution in [0.2, 0.25) is 0 Å². The lowest BCUT2D eigenvalue weighted by Crippen LogP contribution is -3.00. The summed E-state index contributed by atoms with van der Waals surface area (Å²) in [5.74, 6) is 0. The predicted octanol–water partition coefficient (Wildman–Crippen LogP) is -4.06. The van der Waals surface area contributed by atoms with E-state index >= 15 is 0 Å². The third-order valence-corrected chi connectivity index (χ3v) is 0. The lowest BCUT2D eigenvalue weighted by atomic mass is 11.3. The van der Waals surface area contributed by atoms with Gasteiger partial charge in [-0.15, -0.1) is 0 Å². The fourth-order valence-electron chi connectivity index (χ4n) is 0. The van der Waals surface area contributed by atoms with Gasteiger partial charge in [0.1, 0.15) is 0 Å². The van der Waals surface area contributed by atoms with Gasteiger partial charge in [0, 0.05) is 0 Å². The van der Waals surface area contributed by atoms with E-state index in [9.17, 15) is 0 Å². The van der Waals surface area contributed by atoms with E-state index in [2.05, 4.69) is 6.58 Å². The zero-order valence-corrected chi connectivity index (χ0v) is 5.74. The summed E-state index contributed by atoms with van der Waals surface area (Å²) in [6.45, 7) is 3.09. The number of hydrogen-bond acceptors (Lipinski definition) is 0. The van der Waals surface area contributed by atoms with Crippen LogP contribution in [-0.2, 0) is 0 Å². The van der Waals surface area contributed by atoms with Crippen LogP contribution in [0.3, 0.4) is 0 Å². The molecule has 0 N–H and O–H groups in total. The van der Waals surface area contributed by atoms with Crippen molar-refractivity contribution in [3.63, 3.8) is 0 Å². The molecule has 0 aliphatic heterocycles. The van der Waals surface area contributed by atoms with Crippen LogP contribution in [0.15, 0.2) is 11.1 Å². The molecule has 6 heavy (non-hydrogen) atoms. The van der Waals surface area contributed by atoms with E-state index < -0.39 is 0 Å². The number of halogens is 4. The monoisotopic (exact) mass is 166 g/mol. The van der Waals surface area contributed by atoms with Crippen molar-refractivity contribution in [1.29, 1.82) is 0 Å². The average molecular weight is 168 g/mol. The first-order chi connectivity index (χ1) is 1.73. The van der Waals surface area contributed by atoms with Gasteiger partial charge in [-0.05, 0) is 0 Å². The van der Waals surface area contributed by atoms with Crippen LogP contribution in [0.4, 0.5) is 0 Å². The maximum atomic E-state index is 4.85. The lowest BCUT2D eigenvalue weighted by molar-refractivity contribution is -0.00100. The third kappa shape index (κ3) is 92.0. The normalized spacial score (nSPS) is 4.33. The highest BCUT2D eigenvalue weighted by molar-refractivity contribution is 6.55. The summed E-state index contributed by atoms with van der Waals surface area (Å²) in [5.41, 5.74) is 0. The van der Waals surface area contributed by atoms with Gasteiger partial charge in [-0.25, -0.2) is 0 Å². The van der Waals surface area contributed by atoms with Crippen molar-refractivity contribution in [2.75, 3.05) is 0 Å². The molecule has 0 aliphatic carbocycles. The standard InChI is InChI=1S/C2H2Cl2.2ClH/c1-2(3)4;;/h1H2;2*1H/p-2. The molecule has 0 heterocycles. The van der Waals surface area contributed by atoms with E-state index in [1.54, 1.807) is 0 Å². The molecular weight excluding hydrogens is 166 g/mol. The van der Waals surface area contributed by atoms with Gasteiger partial charge < -0.3 is 24.8 Å². The first kappa shape index (κ1) is 15.8. The third-order valence-electron chi connectivity index (χ3n) is 0. The van der Waals surface area contributed by atoms with Crippen LogP contribution < -0.4 is 24.8 Å². The number of hydrogen-bond donors (Lipinski definition) is 0. The molecule has 0 radical (unpaired) electrons. The van der Waals surface area contributed by atoms with Crippen molar-refractivity contribution in [2.45, 2.75) is 0 Å². The zero-order chi connectivity index (χ0) is 3.58. The SMILES string of the molecule is C=C(Cl)Cl.[Cl-].[Cl-]. The van der Waals surface area contributed by atoms with E-state index in [0.29, 0.717) is 0 Å². The van der Waals surface area contributed by atoms with E-state index in [1.165, 1.54) is 0 Å². The quantitative estimate of drug-likeness (QED) is 0.345. The molecule has 0 spiro atoms. The molecule has 0 nitrogen and oxygen atoms in total. The van der Waals surface area contributed by atoms with E-state index in [1.807, 2.05) is 0 Å². The Kier molecular flexibility index (Phi) is 24.5. The molecular formula is C2H2Cl4-2. The molecule has 0 saturated carbocycles. The Morgan fingerprint density at radius 3 is 1.17 bits per heavy atom. The molecule has 0 amide bonds. The van der Waals surface area contributed by atoms with E-state index in [4.69, 9.17) is 23.2 Å². The number of rotatable bonds is 0. The molecule has 0 fully saturated rings. The first-order valence-electron chi connectivity index (χ1n) is 0.732. The molecule has 0 rings (SSSR count). The fourth-order valence-corrected chi connectivity index (χ4v) is 0. The Morgan fingerprint density at radius 1 is 1.17 bits per heavy atom. The molecule has 0 aromatic carbocycles. The summed E-state index contributed by atoms with van der Waals surface area (Å²) in [4.78, 5) is 0. The Morgan fingerprint density at radius 2 is 1.17 bits per heavy atom. The maximum absolute atomic E-state index is 4.85. The Labute approximate surface area is 59.3 Å². The van der Waals surface area contributed by atoms with Crippen LogP contribution in [0.5, 0.6) is 0 Å². The highest BCUT2D eigenvalue weighted by Gasteiger charge is 1.60. The molecule has 0 saturated heterocycles. The van der Waals surface area contributed by atoms with E-state index in [-0.39, 0.29) is 29.3 Å². The Bertz CT molecular complexity index is 28.5. The second kappa shape index (κ2) is 9.31. The lowest BCUT2D eigenvalue weighted by Gasteiger charge is -1.57. The van der Waals surface area contributed by atoms with Gasteiger partial charge >= 0.3 is 0 Å². The Balaban J connectivity index is -0.0000000450. The summed E-state index contributed by atoms with van der Waals surface area (Å²) in [6.07, 6.45) is 0. The molecule has 0 atom stereocenters. The predicted molar refractivity (Wildman–Crippen MR) is 20.8 cm³/mol. The molecule has 40 valence electrons. The maximum Gasteiger partial charge on any atom is 0.0992 e. The van der Waals surface area contributed by atoms with Crippen molar-refractivity contribution in [1.82, 2.24) is 0 Å². The van der Waals surface area contributed by atoms with E-state index in [0.717, 1.165) is 0 Å². The van der Waals surface area contributed by atoms with Crippen LogP contribution in [0.1, 0.15) is 0 Å². The van der Waals surface area contributed by atoms with Gasteiger partial charge in [-0.2, -0.15) is 0 Å². The molecule has 0 bridgehead atoms. The van der Waals surface area contributed by atoms with Gasteiger partial charge in [0.2, 0.25) is 0 Å². The van der Waals surface area contributed by atoms with Crippen molar-refractivity contribution in [3.8, 4) is 0 Å². The highest BCUT2D eigenvalue weighted by Crippen LogP contribution is 1.98. The highest BCUT2D eigenvalue weighted by atomic mass is 35.5. The summed E-state index contributed by atoms with van der Waals surface area (Å²) in [6, 6.07) is 0. The largest absolute Gasteiger partial charge is 1.00 e. The Hall–Kier alpha value is 0.900. The topological polar surface area (TPSA) is 0 Å². The molecule has 0 unspecified atom stereocenters. The van der Waals surface area contributed by atoms with Crippen LogP contribution >= 0.6 is 23.2 Å². The van der Waals surface area contributed by atoms with Crippen LogP contribution in [-0.4, -0.2) is 0 Å². The summed E-state index contributed by atoms with van der Waals surface area (Å²) in [5, 5.41) is 0. The molecule has 0 aromatic heterocycles. The summed E-state index contributed by atoms with van der Waals surface area (Å²) in [7, 11) is 0. The van der Waals surface area contributed by atoms with Crippen molar-refractivity contribution >= 4 is 23.2 Å². The minimum absolute atomic E-state index is 0. The van der Waals surface area contributed by atoms with Gasteiger partial charge in [0.05, 0.1) is 4.49 Å². The van der Waals surface area contributed by atoms with Crippen molar-refractivity contribution in [2.24, 2.45) is 0 Å². The minimum Gasteiger partial charge on any atom is -1.00 e. The van der Waals surface area contributed by atoms with Crippen molar-refractivity contribution in [3.05, 3.63) is 11.1 Å².